The minimum Gasteiger partial charge on any atom is -0.366 e. The Bertz CT molecular complexity index is 1270. The van der Waals surface area contributed by atoms with E-state index in [9.17, 15) is 13.6 Å². The van der Waals surface area contributed by atoms with Gasteiger partial charge in [0.2, 0.25) is 17.8 Å². The third-order valence-corrected chi connectivity index (χ3v) is 4.91. The zero-order valence-corrected chi connectivity index (χ0v) is 16.4. The molecule has 0 spiro atoms. The summed E-state index contributed by atoms with van der Waals surface area (Å²) < 4.78 is 30.3. The van der Waals surface area contributed by atoms with E-state index in [1.165, 1.54) is 10.6 Å². The molecule has 30 heavy (non-hydrogen) atoms. The number of carbonyl (C=O) groups excluding carboxylic acids is 1. The Morgan fingerprint density at radius 2 is 1.83 bits per heavy atom. The molecule has 2 heterocycles. The molecule has 4 aromatic rings. The van der Waals surface area contributed by atoms with E-state index >= 15 is 0 Å². The number of nitrogens with two attached hydrogens (primary N) is 1. The first-order valence-corrected chi connectivity index (χ1v) is 9.29. The van der Waals surface area contributed by atoms with Crippen LogP contribution in [-0.2, 0) is 6.54 Å². The van der Waals surface area contributed by atoms with Gasteiger partial charge in [0.25, 0.3) is 0 Å². The molecular formula is C22H19F2N5O. The van der Waals surface area contributed by atoms with Crippen molar-refractivity contribution in [2.75, 3.05) is 5.32 Å². The van der Waals surface area contributed by atoms with Gasteiger partial charge in [0.1, 0.15) is 11.6 Å². The molecule has 0 aliphatic carbocycles. The van der Waals surface area contributed by atoms with Crippen molar-refractivity contribution in [3.8, 4) is 5.95 Å². The fourth-order valence-electron chi connectivity index (χ4n) is 3.41. The molecule has 0 fully saturated rings. The Morgan fingerprint density at radius 3 is 2.53 bits per heavy atom. The van der Waals surface area contributed by atoms with Crippen LogP contribution < -0.4 is 11.1 Å². The van der Waals surface area contributed by atoms with Gasteiger partial charge in [0.05, 0.1) is 11.1 Å². The zero-order valence-electron chi connectivity index (χ0n) is 16.4. The predicted octanol–water partition coefficient (Wildman–Crippen LogP) is 4.03. The summed E-state index contributed by atoms with van der Waals surface area (Å²) in [6.45, 7) is 3.77. The fourth-order valence-corrected chi connectivity index (χ4v) is 3.41. The van der Waals surface area contributed by atoms with Gasteiger partial charge in [-0.25, -0.2) is 4.39 Å². The summed E-state index contributed by atoms with van der Waals surface area (Å²) in [5, 5.41) is 3.58. The summed E-state index contributed by atoms with van der Waals surface area (Å²) in [6.07, 6.45) is 0. The van der Waals surface area contributed by atoms with Crippen molar-refractivity contribution in [2.24, 2.45) is 5.73 Å². The molecule has 3 N–H and O–H groups in total. The van der Waals surface area contributed by atoms with Crippen molar-refractivity contribution >= 4 is 22.6 Å². The number of hydrogen-bond acceptors (Lipinski definition) is 4. The van der Waals surface area contributed by atoms with Gasteiger partial charge in [-0.15, -0.1) is 0 Å². The molecule has 0 aliphatic heterocycles. The Kier molecular flexibility index (Phi) is 4.91. The molecule has 152 valence electrons. The van der Waals surface area contributed by atoms with Gasteiger partial charge >= 0.3 is 0 Å². The highest BCUT2D eigenvalue weighted by atomic mass is 19.1. The van der Waals surface area contributed by atoms with Crippen molar-refractivity contribution in [2.45, 2.75) is 20.4 Å². The number of halogens is 2. The number of primary amides is 1. The molecule has 2 aromatic carbocycles. The first kappa shape index (κ1) is 19.5. The normalized spacial score (nSPS) is 11.1. The second-order valence-corrected chi connectivity index (χ2v) is 7.00. The minimum atomic E-state index is -0.752. The van der Waals surface area contributed by atoms with Crippen molar-refractivity contribution in [3.63, 3.8) is 0 Å². The maximum atomic E-state index is 14.6. The molecule has 0 atom stereocenters. The van der Waals surface area contributed by atoms with Gasteiger partial charge < -0.3 is 11.1 Å². The number of nitrogens with one attached hydrogen (secondary N) is 1. The number of nitrogens with zero attached hydrogens (tertiary/aromatic N) is 3. The van der Waals surface area contributed by atoms with Gasteiger partial charge in [-0.3, -0.25) is 9.36 Å². The van der Waals surface area contributed by atoms with E-state index in [1.54, 1.807) is 19.9 Å². The Morgan fingerprint density at radius 1 is 1.10 bits per heavy atom. The summed E-state index contributed by atoms with van der Waals surface area (Å²) >= 11 is 0. The highest BCUT2D eigenvalue weighted by Gasteiger charge is 2.19. The SMILES string of the molecule is Cc1c(F)nc(-n2c(C)cc3c(C(N)=O)cc(F)cc32)nc1NCc1ccccc1. The second-order valence-electron chi connectivity index (χ2n) is 7.00. The first-order valence-electron chi connectivity index (χ1n) is 9.29. The number of benzene rings is 2. The number of aromatic nitrogens is 3. The lowest BCUT2D eigenvalue weighted by Crippen LogP contribution is -2.13. The van der Waals surface area contributed by atoms with Gasteiger partial charge in [-0.05, 0) is 37.6 Å². The van der Waals surface area contributed by atoms with Crippen LogP contribution in [0.5, 0.6) is 0 Å². The van der Waals surface area contributed by atoms with Crippen LogP contribution in [0.2, 0.25) is 0 Å². The number of amides is 1. The quantitative estimate of drug-likeness (QED) is 0.489. The van der Waals surface area contributed by atoms with Crippen molar-refractivity contribution in [3.05, 3.63) is 82.7 Å². The predicted molar refractivity (Wildman–Crippen MR) is 111 cm³/mol. The average molecular weight is 407 g/mol. The van der Waals surface area contributed by atoms with E-state index in [1.807, 2.05) is 30.3 Å². The summed E-state index contributed by atoms with van der Waals surface area (Å²) in [6, 6.07) is 13.6. The van der Waals surface area contributed by atoms with Gasteiger partial charge in [0, 0.05) is 23.2 Å². The molecule has 0 bridgehead atoms. The minimum absolute atomic E-state index is 0.0298. The van der Waals surface area contributed by atoms with Gasteiger partial charge in [-0.1, -0.05) is 30.3 Å². The lowest BCUT2D eigenvalue weighted by atomic mass is 10.1. The van der Waals surface area contributed by atoms with Crippen LogP contribution in [0, 0.1) is 25.6 Å². The van der Waals surface area contributed by atoms with Crippen LogP contribution in [0.15, 0.2) is 48.5 Å². The fraction of sp³-hybridized carbons (Fsp3) is 0.136. The first-order chi connectivity index (χ1) is 14.3. The molecule has 1 amide bonds. The Balaban J connectivity index is 1.83. The topological polar surface area (TPSA) is 85.8 Å². The standard InChI is InChI=1S/C22H19F2N5O/c1-12-8-16-17(20(25)30)9-15(23)10-18(16)29(12)22-27-19(24)13(2)21(28-22)26-11-14-6-4-3-5-7-14/h3-10H,11H2,1-2H3,(H2,25,30)(H,26,27,28). The molecular weight excluding hydrogens is 388 g/mol. The van der Waals surface area contributed by atoms with Crippen molar-refractivity contribution in [1.82, 2.24) is 14.5 Å². The van der Waals surface area contributed by atoms with Gasteiger partial charge in [0.15, 0.2) is 0 Å². The van der Waals surface area contributed by atoms with Crippen molar-refractivity contribution < 1.29 is 13.6 Å². The molecule has 2 aromatic heterocycles. The zero-order chi connectivity index (χ0) is 21.4. The molecule has 0 saturated heterocycles. The summed E-state index contributed by atoms with van der Waals surface area (Å²) in [7, 11) is 0. The lowest BCUT2D eigenvalue weighted by Gasteiger charge is -2.13. The average Bonchev–Trinajstić information content (AvgIpc) is 3.04. The largest absolute Gasteiger partial charge is 0.366 e. The number of anilines is 1. The Hall–Kier alpha value is -3.81. The third kappa shape index (κ3) is 3.47. The highest BCUT2D eigenvalue weighted by molar-refractivity contribution is 6.06. The van der Waals surface area contributed by atoms with E-state index in [2.05, 4.69) is 15.3 Å². The summed E-state index contributed by atoms with van der Waals surface area (Å²) in [5.41, 5.74) is 7.65. The molecule has 0 unspecified atom stereocenters. The maximum Gasteiger partial charge on any atom is 0.249 e. The molecule has 4 rings (SSSR count). The van der Waals surface area contributed by atoms with E-state index in [4.69, 9.17) is 5.73 Å². The van der Waals surface area contributed by atoms with E-state index < -0.39 is 17.7 Å². The van der Waals surface area contributed by atoms with Crippen LogP contribution in [0.3, 0.4) is 0 Å². The number of carbonyl (C=O) groups is 1. The summed E-state index contributed by atoms with van der Waals surface area (Å²) in [4.78, 5) is 20.2. The highest BCUT2D eigenvalue weighted by Crippen LogP contribution is 2.28. The molecule has 8 heteroatoms. The molecule has 6 nitrogen and oxygen atoms in total. The summed E-state index contributed by atoms with van der Waals surface area (Å²) in [5.74, 6) is -1.72. The van der Waals surface area contributed by atoms with E-state index in [0.717, 1.165) is 11.6 Å². The number of fused-ring (bicyclic) bond motifs is 1. The van der Waals surface area contributed by atoms with E-state index in [-0.39, 0.29) is 17.1 Å². The number of aryl methyl sites for hydroxylation is 1. The van der Waals surface area contributed by atoms with Crippen LogP contribution in [0.4, 0.5) is 14.6 Å². The monoisotopic (exact) mass is 407 g/mol. The lowest BCUT2D eigenvalue weighted by molar-refractivity contribution is 0.100. The van der Waals surface area contributed by atoms with Crippen LogP contribution in [0.25, 0.3) is 16.9 Å². The van der Waals surface area contributed by atoms with Crippen LogP contribution >= 0.6 is 0 Å². The molecule has 0 radical (unpaired) electrons. The molecule has 0 aliphatic rings. The number of hydrogen-bond donors (Lipinski definition) is 2. The van der Waals surface area contributed by atoms with Crippen molar-refractivity contribution in [1.29, 1.82) is 0 Å². The van der Waals surface area contributed by atoms with Crippen LogP contribution in [0.1, 0.15) is 27.2 Å². The van der Waals surface area contributed by atoms with E-state index in [0.29, 0.717) is 29.0 Å². The smallest absolute Gasteiger partial charge is 0.249 e. The Labute approximate surface area is 171 Å². The van der Waals surface area contributed by atoms with Gasteiger partial charge in [-0.2, -0.15) is 14.4 Å². The maximum absolute atomic E-state index is 14.6. The number of rotatable bonds is 5. The third-order valence-electron chi connectivity index (χ3n) is 4.91. The molecule has 0 saturated carbocycles. The van der Waals surface area contributed by atoms with Crippen LogP contribution in [-0.4, -0.2) is 20.4 Å². The second kappa shape index (κ2) is 7.55.